The Morgan fingerprint density at radius 1 is 1.10 bits per heavy atom. The van der Waals surface area contributed by atoms with E-state index in [2.05, 4.69) is 5.32 Å². The number of halogens is 1. The summed E-state index contributed by atoms with van der Waals surface area (Å²) >= 11 is 6.08. The third kappa shape index (κ3) is 3.50. The van der Waals surface area contributed by atoms with Gasteiger partial charge >= 0.3 is 5.97 Å². The van der Waals surface area contributed by atoms with Gasteiger partial charge in [-0.2, -0.15) is 5.10 Å². The lowest BCUT2D eigenvalue weighted by Crippen LogP contribution is -2.29. The lowest BCUT2D eigenvalue weighted by molar-refractivity contribution is -0.139. The first-order chi connectivity index (χ1) is 14.4. The molecule has 0 bridgehead atoms. The van der Waals surface area contributed by atoms with Crippen molar-refractivity contribution in [1.29, 1.82) is 0 Å². The van der Waals surface area contributed by atoms with E-state index in [0.717, 1.165) is 39.5 Å². The number of hydrogen-bond acceptors (Lipinski definition) is 4. The quantitative estimate of drug-likeness (QED) is 0.551. The third-order valence-electron chi connectivity index (χ3n) is 5.33. The van der Waals surface area contributed by atoms with Crippen LogP contribution in [-0.2, 0) is 9.53 Å². The molecule has 3 aromatic rings. The maximum absolute atomic E-state index is 12.9. The summed E-state index contributed by atoms with van der Waals surface area (Å²) in [5, 5.41) is 8.93. The first-order valence-corrected chi connectivity index (χ1v) is 10.3. The monoisotopic (exact) mass is 421 g/mol. The molecule has 1 atom stereocenters. The largest absolute Gasteiger partial charge is 0.463 e. The molecule has 0 fully saturated rings. The van der Waals surface area contributed by atoms with Crippen molar-refractivity contribution in [3.8, 4) is 11.1 Å². The molecule has 154 valence electrons. The van der Waals surface area contributed by atoms with Gasteiger partial charge in [-0.05, 0) is 51.0 Å². The number of hydrogen-bond donors (Lipinski definition) is 1. The zero-order valence-electron chi connectivity index (χ0n) is 17.5. The minimum Gasteiger partial charge on any atom is -0.463 e. The Labute approximate surface area is 181 Å². The molecule has 0 unspecified atom stereocenters. The van der Waals surface area contributed by atoms with Crippen molar-refractivity contribution < 1.29 is 9.53 Å². The second-order valence-corrected chi connectivity index (χ2v) is 7.89. The molecule has 1 aliphatic rings. The zero-order chi connectivity index (χ0) is 21.4. The second-order valence-electron chi connectivity index (χ2n) is 7.46. The molecule has 0 saturated carbocycles. The van der Waals surface area contributed by atoms with Gasteiger partial charge in [-0.25, -0.2) is 9.48 Å². The molecular formula is C24H24ClN3O2. The van der Waals surface area contributed by atoms with Gasteiger partial charge in [0.15, 0.2) is 0 Å². The average molecular weight is 422 g/mol. The molecule has 5 nitrogen and oxygen atoms in total. The fourth-order valence-electron chi connectivity index (χ4n) is 3.92. The minimum atomic E-state index is -0.374. The van der Waals surface area contributed by atoms with Gasteiger partial charge in [0.1, 0.15) is 11.9 Å². The highest BCUT2D eigenvalue weighted by molar-refractivity contribution is 6.30. The molecule has 1 N–H and O–H groups in total. The van der Waals surface area contributed by atoms with Gasteiger partial charge in [0.05, 0.1) is 17.9 Å². The number of ether oxygens (including phenoxy) is 1. The standard InChI is InChI=1S/C24H24ClN3O2/c1-5-30-24(29)21-15(3)26-23-20(17-10-12-19(25)13-11-17)16(4)27-28(23)22(21)18-8-6-14(2)7-9-18/h6-13,22,26H,5H2,1-4H3/t22-/m0/s1. The van der Waals surface area contributed by atoms with Crippen LogP contribution in [0.25, 0.3) is 11.1 Å². The fraction of sp³-hybridized carbons (Fsp3) is 0.250. The Morgan fingerprint density at radius 2 is 1.77 bits per heavy atom. The molecule has 30 heavy (non-hydrogen) atoms. The third-order valence-corrected chi connectivity index (χ3v) is 5.59. The fourth-order valence-corrected chi connectivity index (χ4v) is 4.04. The molecule has 2 heterocycles. The summed E-state index contributed by atoms with van der Waals surface area (Å²) in [5.74, 6) is 0.519. The van der Waals surface area contributed by atoms with Crippen molar-refractivity contribution in [2.45, 2.75) is 33.7 Å². The number of fused-ring (bicyclic) bond motifs is 1. The summed E-state index contributed by atoms with van der Waals surface area (Å²) in [6.45, 7) is 8.05. The summed E-state index contributed by atoms with van der Waals surface area (Å²) in [6.07, 6.45) is 0. The van der Waals surface area contributed by atoms with Crippen LogP contribution in [-0.4, -0.2) is 22.4 Å². The lowest BCUT2D eigenvalue weighted by Gasteiger charge is -2.30. The first-order valence-electron chi connectivity index (χ1n) is 9.97. The molecule has 2 aromatic carbocycles. The SMILES string of the molecule is CCOC(=O)C1=C(C)Nc2c(-c3ccc(Cl)cc3)c(C)nn2[C@H]1c1ccc(C)cc1. The van der Waals surface area contributed by atoms with Crippen molar-refractivity contribution in [2.24, 2.45) is 0 Å². The minimum absolute atomic E-state index is 0.317. The van der Waals surface area contributed by atoms with Crippen molar-refractivity contribution in [1.82, 2.24) is 9.78 Å². The number of carbonyl (C=O) groups excluding carboxylic acids is 1. The van der Waals surface area contributed by atoms with E-state index in [-0.39, 0.29) is 12.0 Å². The van der Waals surface area contributed by atoms with E-state index >= 15 is 0 Å². The van der Waals surface area contributed by atoms with E-state index in [0.29, 0.717) is 17.2 Å². The highest BCUT2D eigenvalue weighted by Gasteiger charge is 2.36. The molecule has 0 radical (unpaired) electrons. The summed E-state index contributed by atoms with van der Waals surface area (Å²) in [7, 11) is 0. The predicted molar refractivity (Wildman–Crippen MR) is 120 cm³/mol. The summed E-state index contributed by atoms with van der Waals surface area (Å²) < 4.78 is 7.28. The summed E-state index contributed by atoms with van der Waals surface area (Å²) in [4.78, 5) is 12.9. The van der Waals surface area contributed by atoms with E-state index in [1.807, 2.05) is 80.9 Å². The maximum atomic E-state index is 12.9. The van der Waals surface area contributed by atoms with Crippen LogP contribution in [0, 0.1) is 13.8 Å². The van der Waals surface area contributed by atoms with E-state index in [1.165, 1.54) is 0 Å². The van der Waals surface area contributed by atoms with Crippen LogP contribution < -0.4 is 5.32 Å². The Hall–Kier alpha value is -3.05. The van der Waals surface area contributed by atoms with Gasteiger partial charge in [-0.1, -0.05) is 53.6 Å². The molecule has 1 aromatic heterocycles. The van der Waals surface area contributed by atoms with Crippen molar-refractivity contribution >= 4 is 23.4 Å². The number of rotatable bonds is 4. The van der Waals surface area contributed by atoms with Crippen molar-refractivity contribution in [3.05, 3.63) is 81.6 Å². The van der Waals surface area contributed by atoms with E-state index in [4.69, 9.17) is 21.4 Å². The number of nitrogens with zero attached hydrogens (tertiary/aromatic N) is 2. The number of nitrogens with one attached hydrogen (secondary N) is 1. The van der Waals surface area contributed by atoms with Crippen LogP contribution in [0.4, 0.5) is 5.82 Å². The number of esters is 1. The Balaban J connectivity index is 1.92. The molecular weight excluding hydrogens is 398 g/mol. The van der Waals surface area contributed by atoms with E-state index < -0.39 is 0 Å². The van der Waals surface area contributed by atoms with E-state index in [1.54, 1.807) is 0 Å². The average Bonchev–Trinajstić information content (AvgIpc) is 3.04. The molecule has 6 heteroatoms. The van der Waals surface area contributed by atoms with Gasteiger partial charge in [0.25, 0.3) is 0 Å². The van der Waals surface area contributed by atoms with Gasteiger partial charge in [-0.15, -0.1) is 0 Å². The molecule has 0 saturated heterocycles. The maximum Gasteiger partial charge on any atom is 0.338 e. The normalized spacial score (nSPS) is 15.6. The van der Waals surface area contributed by atoms with Crippen LogP contribution in [0.5, 0.6) is 0 Å². The van der Waals surface area contributed by atoms with Crippen molar-refractivity contribution in [2.75, 3.05) is 11.9 Å². The highest BCUT2D eigenvalue weighted by Crippen LogP contribution is 2.42. The van der Waals surface area contributed by atoms with Crippen LogP contribution in [0.3, 0.4) is 0 Å². The molecule has 0 amide bonds. The zero-order valence-corrected chi connectivity index (χ0v) is 18.2. The highest BCUT2D eigenvalue weighted by atomic mass is 35.5. The molecule has 1 aliphatic heterocycles. The van der Waals surface area contributed by atoms with Crippen LogP contribution in [0.2, 0.25) is 5.02 Å². The Morgan fingerprint density at radius 3 is 2.40 bits per heavy atom. The first kappa shape index (κ1) is 20.2. The van der Waals surface area contributed by atoms with Crippen LogP contribution >= 0.6 is 11.6 Å². The van der Waals surface area contributed by atoms with Gasteiger partial charge in [-0.3, -0.25) is 0 Å². The Bertz CT molecular complexity index is 1130. The van der Waals surface area contributed by atoms with Crippen LogP contribution in [0.1, 0.15) is 36.7 Å². The second kappa shape index (κ2) is 8.00. The molecule has 0 aliphatic carbocycles. The van der Waals surface area contributed by atoms with Crippen LogP contribution in [0.15, 0.2) is 59.8 Å². The predicted octanol–water partition coefficient (Wildman–Crippen LogP) is 5.67. The van der Waals surface area contributed by atoms with E-state index in [9.17, 15) is 4.79 Å². The van der Waals surface area contributed by atoms with Crippen molar-refractivity contribution in [3.63, 3.8) is 0 Å². The van der Waals surface area contributed by atoms with Gasteiger partial charge < -0.3 is 10.1 Å². The van der Waals surface area contributed by atoms with Gasteiger partial charge in [0, 0.05) is 16.3 Å². The number of aromatic nitrogens is 2. The smallest absolute Gasteiger partial charge is 0.338 e. The Kier molecular flexibility index (Phi) is 5.39. The number of carbonyl (C=O) groups is 1. The lowest BCUT2D eigenvalue weighted by atomic mass is 9.94. The molecule has 0 spiro atoms. The van der Waals surface area contributed by atoms with Gasteiger partial charge in [0.2, 0.25) is 0 Å². The summed E-state index contributed by atoms with van der Waals surface area (Å²) in [6, 6.07) is 15.5. The summed E-state index contributed by atoms with van der Waals surface area (Å²) in [5.41, 5.74) is 6.35. The number of benzene rings is 2. The molecule has 4 rings (SSSR count). The number of anilines is 1. The number of allylic oxidation sites excluding steroid dienone is 1. The topological polar surface area (TPSA) is 56.1 Å². The number of aryl methyl sites for hydroxylation is 2.